The van der Waals surface area contributed by atoms with E-state index in [1.165, 1.54) is 20.3 Å². The molecule has 4 rings (SSSR count). The third kappa shape index (κ3) is 6.80. The maximum Gasteiger partial charge on any atom is 0.294 e. The summed E-state index contributed by atoms with van der Waals surface area (Å²) in [6, 6.07) is 19.1. The Balaban J connectivity index is 1.39. The molecule has 0 aromatic heterocycles. The molecule has 4 amide bonds. The van der Waals surface area contributed by atoms with Gasteiger partial charge in [-0.3, -0.25) is 24.1 Å². The van der Waals surface area contributed by atoms with Crippen LogP contribution in [0.2, 0.25) is 0 Å². The third-order valence-electron chi connectivity index (χ3n) is 5.82. The van der Waals surface area contributed by atoms with Gasteiger partial charge in [-0.25, -0.2) is 0 Å². The number of nitrogens with zero attached hydrogens (tertiary/aromatic N) is 1. The van der Waals surface area contributed by atoms with E-state index >= 15 is 0 Å². The number of methoxy groups -OCH3 is 2. The van der Waals surface area contributed by atoms with Crippen LogP contribution in [0.25, 0.3) is 6.08 Å². The van der Waals surface area contributed by atoms with Crippen LogP contribution >= 0.6 is 11.8 Å². The molecular weight excluding hydrogens is 534 g/mol. The summed E-state index contributed by atoms with van der Waals surface area (Å²) in [5.74, 6) is -0.269. The van der Waals surface area contributed by atoms with Crippen molar-refractivity contribution in [3.63, 3.8) is 0 Å². The molecule has 1 heterocycles. The molecule has 11 heteroatoms. The second-order valence-electron chi connectivity index (χ2n) is 8.58. The molecule has 0 unspecified atom stereocenters. The lowest BCUT2D eigenvalue weighted by atomic mass is 10.2. The largest absolute Gasteiger partial charge is 0.495 e. The highest BCUT2D eigenvalue weighted by molar-refractivity contribution is 8.18. The Hall–Kier alpha value is -4.77. The first-order chi connectivity index (χ1) is 19.3. The monoisotopic (exact) mass is 561 g/mol. The lowest BCUT2D eigenvalue weighted by Gasteiger charge is -2.13. The third-order valence-corrected chi connectivity index (χ3v) is 6.73. The van der Waals surface area contributed by atoms with E-state index in [4.69, 9.17) is 14.2 Å². The van der Waals surface area contributed by atoms with E-state index in [-0.39, 0.29) is 11.5 Å². The van der Waals surface area contributed by atoms with Crippen molar-refractivity contribution < 1.29 is 33.4 Å². The molecule has 1 aliphatic heterocycles. The van der Waals surface area contributed by atoms with Crippen LogP contribution in [-0.4, -0.2) is 55.2 Å². The number of para-hydroxylation sites is 3. The zero-order valence-corrected chi connectivity index (χ0v) is 22.9. The van der Waals surface area contributed by atoms with Crippen molar-refractivity contribution in [3.05, 3.63) is 82.8 Å². The normalized spacial score (nSPS) is 13.8. The van der Waals surface area contributed by atoms with E-state index in [9.17, 15) is 19.2 Å². The minimum Gasteiger partial charge on any atom is -0.495 e. The molecule has 3 aromatic rings. The summed E-state index contributed by atoms with van der Waals surface area (Å²) in [6.07, 6.45) is 1.53. The van der Waals surface area contributed by atoms with Gasteiger partial charge in [-0.1, -0.05) is 36.4 Å². The Morgan fingerprint density at radius 2 is 1.52 bits per heavy atom. The van der Waals surface area contributed by atoms with Crippen molar-refractivity contribution in [3.8, 4) is 17.2 Å². The number of nitrogens with one attached hydrogen (secondary N) is 2. The first-order valence-electron chi connectivity index (χ1n) is 12.1. The van der Waals surface area contributed by atoms with Crippen molar-refractivity contribution >= 4 is 52.2 Å². The lowest BCUT2D eigenvalue weighted by molar-refractivity contribution is -0.127. The van der Waals surface area contributed by atoms with Gasteiger partial charge in [0.15, 0.2) is 18.1 Å². The number of aryl methyl sites for hydroxylation is 1. The first kappa shape index (κ1) is 28.2. The van der Waals surface area contributed by atoms with E-state index in [0.717, 1.165) is 22.2 Å². The number of amides is 4. The molecule has 0 aliphatic carbocycles. The Morgan fingerprint density at radius 1 is 0.850 bits per heavy atom. The van der Waals surface area contributed by atoms with Crippen LogP contribution in [0, 0.1) is 6.92 Å². The predicted octanol–water partition coefficient (Wildman–Crippen LogP) is 4.70. The molecular formula is C29H27N3O7S. The molecule has 2 N–H and O–H groups in total. The fourth-order valence-electron chi connectivity index (χ4n) is 3.80. The van der Waals surface area contributed by atoms with E-state index in [1.54, 1.807) is 54.6 Å². The second kappa shape index (κ2) is 12.9. The summed E-state index contributed by atoms with van der Waals surface area (Å²) in [5, 5.41) is 4.91. The van der Waals surface area contributed by atoms with Crippen molar-refractivity contribution in [2.24, 2.45) is 0 Å². The molecule has 3 aromatic carbocycles. The Labute approximate surface area is 235 Å². The average molecular weight is 562 g/mol. The van der Waals surface area contributed by atoms with Crippen LogP contribution in [0.3, 0.4) is 0 Å². The van der Waals surface area contributed by atoms with Crippen LogP contribution in [0.5, 0.6) is 17.2 Å². The number of imide groups is 1. The van der Waals surface area contributed by atoms with Gasteiger partial charge in [-0.15, -0.1) is 0 Å². The van der Waals surface area contributed by atoms with Gasteiger partial charge in [0.2, 0.25) is 5.91 Å². The lowest BCUT2D eigenvalue weighted by Crippen LogP contribution is -2.36. The highest BCUT2D eigenvalue weighted by Gasteiger charge is 2.36. The summed E-state index contributed by atoms with van der Waals surface area (Å²) in [5.41, 5.74) is 2.56. The standard InChI is InChI=1S/C29H27N3O7S/c1-18-8-4-5-9-20(18)30-26(33)16-32-28(35)25(40-29(32)36)15-19-12-13-23(24(14-19)38-3)39-17-27(34)31-21-10-6-7-11-22(21)37-2/h4-15H,16-17H2,1-3H3,(H,30,33)(H,31,34)/b25-15-. The van der Waals surface area contributed by atoms with Crippen LogP contribution in [0.4, 0.5) is 16.2 Å². The van der Waals surface area contributed by atoms with Crippen LogP contribution < -0.4 is 24.8 Å². The molecule has 0 atom stereocenters. The van der Waals surface area contributed by atoms with Crippen LogP contribution in [-0.2, 0) is 14.4 Å². The predicted molar refractivity (Wildman–Crippen MR) is 153 cm³/mol. The number of carbonyl (C=O) groups excluding carboxylic acids is 4. The van der Waals surface area contributed by atoms with Crippen molar-refractivity contribution in [2.45, 2.75) is 6.92 Å². The SMILES string of the molecule is COc1ccccc1NC(=O)COc1ccc(/C=C2\SC(=O)N(CC(=O)Nc3ccccc3C)C2=O)cc1OC. The second-order valence-corrected chi connectivity index (χ2v) is 9.57. The van der Waals surface area contributed by atoms with Gasteiger partial charge in [-0.05, 0) is 66.2 Å². The van der Waals surface area contributed by atoms with Crippen molar-refractivity contribution in [2.75, 3.05) is 38.0 Å². The van der Waals surface area contributed by atoms with E-state index in [2.05, 4.69) is 10.6 Å². The number of anilines is 2. The molecule has 0 spiro atoms. The van der Waals surface area contributed by atoms with Gasteiger partial charge in [0, 0.05) is 5.69 Å². The zero-order chi connectivity index (χ0) is 28.6. The van der Waals surface area contributed by atoms with Gasteiger partial charge in [0.1, 0.15) is 12.3 Å². The summed E-state index contributed by atoms with van der Waals surface area (Å²) in [6.45, 7) is 1.17. The highest BCUT2D eigenvalue weighted by atomic mass is 32.2. The molecule has 0 saturated carbocycles. The smallest absolute Gasteiger partial charge is 0.294 e. The summed E-state index contributed by atoms with van der Waals surface area (Å²) < 4.78 is 16.3. The number of benzene rings is 3. The number of carbonyl (C=O) groups is 4. The molecule has 0 radical (unpaired) electrons. The minimum atomic E-state index is -0.567. The number of hydrogen-bond acceptors (Lipinski definition) is 8. The summed E-state index contributed by atoms with van der Waals surface area (Å²) in [4.78, 5) is 51.3. The van der Waals surface area contributed by atoms with Crippen molar-refractivity contribution in [1.29, 1.82) is 0 Å². The fraction of sp³-hybridized carbons (Fsp3) is 0.172. The van der Waals surface area contributed by atoms with Gasteiger partial charge < -0.3 is 24.8 Å². The maximum atomic E-state index is 12.9. The Kier molecular flexibility index (Phi) is 9.07. The first-order valence-corrected chi connectivity index (χ1v) is 12.9. The van der Waals surface area contributed by atoms with Gasteiger partial charge in [-0.2, -0.15) is 0 Å². The quantitative estimate of drug-likeness (QED) is 0.342. The molecule has 1 fully saturated rings. The van der Waals surface area contributed by atoms with E-state index < -0.39 is 29.5 Å². The molecule has 0 bridgehead atoms. The minimum absolute atomic E-state index is 0.167. The number of hydrogen-bond donors (Lipinski definition) is 2. The fourth-order valence-corrected chi connectivity index (χ4v) is 4.64. The van der Waals surface area contributed by atoms with Gasteiger partial charge in [0.25, 0.3) is 17.1 Å². The van der Waals surface area contributed by atoms with E-state index in [1.807, 2.05) is 19.1 Å². The average Bonchev–Trinajstić information content (AvgIpc) is 3.20. The number of rotatable bonds is 10. The number of thioether (sulfide) groups is 1. The molecule has 1 saturated heterocycles. The summed E-state index contributed by atoms with van der Waals surface area (Å²) >= 11 is 0.747. The van der Waals surface area contributed by atoms with Crippen molar-refractivity contribution in [1.82, 2.24) is 4.90 Å². The van der Waals surface area contributed by atoms with Crippen LogP contribution in [0.1, 0.15) is 11.1 Å². The molecule has 40 heavy (non-hydrogen) atoms. The van der Waals surface area contributed by atoms with Gasteiger partial charge >= 0.3 is 0 Å². The maximum absolute atomic E-state index is 12.9. The molecule has 206 valence electrons. The van der Waals surface area contributed by atoms with Gasteiger partial charge in [0.05, 0.1) is 24.8 Å². The Morgan fingerprint density at radius 3 is 2.25 bits per heavy atom. The Bertz CT molecular complexity index is 1490. The molecule has 1 aliphatic rings. The van der Waals surface area contributed by atoms with E-state index in [0.29, 0.717) is 34.2 Å². The zero-order valence-electron chi connectivity index (χ0n) is 22.1. The van der Waals surface area contributed by atoms with Crippen LogP contribution in [0.15, 0.2) is 71.6 Å². The molecule has 10 nitrogen and oxygen atoms in total. The summed E-state index contributed by atoms with van der Waals surface area (Å²) in [7, 11) is 2.96. The topological polar surface area (TPSA) is 123 Å². The highest BCUT2D eigenvalue weighted by Crippen LogP contribution is 2.34. The number of ether oxygens (including phenoxy) is 3.